The number of benzene rings is 2. The summed E-state index contributed by atoms with van der Waals surface area (Å²) in [5.41, 5.74) is 3.13. The molecule has 0 atom stereocenters. The van der Waals surface area contributed by atoms with Gasteiger partial charge in [-0.1, -0.05) is 24.3 Å². The predicted molar refractivity (Wildman–Crippen MR) is 120 cm³/mol. The van der Waals surface area contributed by atoms with Gasteiger partial charge in [0.2, 0.25) is 0 Å². The minimum Gasteiger partial charge on any atom is -0.348 e. The molecule has 4 rings (SSSR count). The van der Waals surface area contributed by atoms with Crippen molar-refractivity contribution in [2.45, 2.75) is 38.8 Å². The molecule has 1 N–H and O–H groups in total. The quantitative estimate of drug-likeness (QED) is 0.564. The summed E-state index contributed by atoms with van der Waals surface area (Å²) in [6, 6.07) is 14.0. The number of hydrogen-bond donors (Lipinski definition) is 1. The molecule has 2 heterocycles. The fraction of sp³-hybridized carbons (Fsp3) is 0.308. The van der Waals surface area contributed by atoms with Gasteiger partial charge in [-0.2, -0.15) is 0 Å². The highest BCUT2D eigenvalue weighted by Gasteiger charge is 2.26. The zero-order valence-corrected chi connectivity index (χ0v) is 18.5. The first-order valence-electron chi connectivity index (χ1n) is 11.1. The number of likely N-dealkylation sites (tertiary alicyclic amines) is 1. The maximum absolute atomic E-state index is 14.0. The van der Waals surface area contributed by atoms with E-state index in [-0.39, 0.29) is 24.2 Å². The zero-order valence-electron chi connectivity index (χ0n) is 18.5. The summed E-state index contributed by atoms with van der Waals surface area (Å²) in [6.45, 7) is 3.85. The van der Waals surface area contributed by atoms with Gasteiger partial charge in [-0.3, -0.25) is 14.7 Å². The summed E-state index contributed by atoms with van der Waals surface area (Å²) in [7, 11) is 0. The summed E-state index contributed by atoms with van der Waals surface area (Å²) >= 11 is 0. The SMILES string of the molecule is Cc1ccc(C(=O)NCc2cccc(F)c2)c(C2CCN(Cc3cccc(F)c3F)CC2)n1. The fourth-order valence-corrected chi connectivity index (χ4v) is 4.28. The Morgan fingerprint density at radius 3 is 2.58 bits per heavy atom. The number of piperidine rings is 1. The van der Waals surface area contributed by atoms with Crippen molar-refractivity contribution in [3.8, 4) is 0 Å². The average Bonchev–Trinajstić information content (AvgIpc) is 2.81. The molecular formula is C26H26F3N3O. The summed E-state index contributed by atoms with van der Waals surface area (Å²) in [4.78, 5) is 19.7. The van der Waals surface area contributed by atoms with Crippen LogP contribution >= 0.6 is 0 Å². The predicted octanol–water partition coefficient (Wildman–Crippen LogP) is 5.12. The fourth-order valence-electron chi connectivity index (χ4n) is 4.28. The van der Waals surface area contributed by atoms with Crippen molar-refractivity contribution >= 4 is 5.91 Å². The van der Waals surface area contributed by atoms with Gasteiger partial charge in [-0.05, 0) is 68.8 Å². The number of carbonyl (C=O) groups is 1. The second-order valence-corrected chi connectivity index (χ2v) is 8.46. The molecule has 0 radical (unpaired) electrons. The van der Waals surface area contributed by atoms with Gasteiger partial charge in [-0.15, -0.1) is 0 Å². The van der Waals surface area contributed by atoms with Crippen molar-refractivity contribution in [3.05, 3.63) is 100 Å². The van der Waals surface area contributed by atoms with Crippen molar-refractivity contribution in [2.75, 3.05) is 13.1 Å². The molecule has 0 saturated carbocycles. The van der Waals surface area contributed by atoms with Crippen LogP contribution in [0.4, 0.5) is 13.2 Å². The molecule has 1 fully saturated rings. The molecule has 4 nitrogen and oxygen atoms in total. The first-order valence-corrected chi connectivity index (χ1v) is 11.1. The minimum atomic E-state index is -0.833. The van der Waals surface area contributed by atoms with Crippen LogP contribution in [0, 0.1) is 24.4 Å². The average molecular weight is 454 g/mol. The largest absolute Gasteiger partial charge is 0.348 e. The molecule has 0 bridgehead atoms. The molecule has 33 heavy (non-hydrogen) atoms. The van der Waals surface area contributed by atoms with Gasteiger partial charge in [0.25, 0.3) is 5.91 Å². The number of nitrogens with one attached hydrogen (secondary N) is 1. The highest BCUT2D eigenvalue weighted by Crippen LogP contribution is 2.30. The van der Waals surface area contributed by atoms with E-state index in [0.717, 1.165) is 30.3 Å². The Morgan fingerprint density at radius 2 is 1.82 bits per heavy atom. The van der Waals surface area contributed by atoms with Crippen LogP contribution in [0.15, 0.2) is 54.6 Å². The van der Waals surface area contributed by atoms with Crippen LogP contribution in [-0.2, 0) is 13.1 Å². The van der Waals surface area contributed by atoms with Gasteiger partial charge >= 0.3 is 0 Å². The summed E-state index contributed by atoms with van der Waals surface area (Å²) in [5.74, 6) is -2.12. The lowest BCUT2D eigenvalue weighted by Crippen LogP contribution is -2.34. The third-order valence-corrected chi connectivity index (χ3v) is 6.05. The van der Waals surface area contributed by atoms with E-state index >= 15 is 0 Å². The topological polar surface area (TPSA) is 45.2 Å². The smallest absolute Gasteiger partial charge is 0.253 e. The van der Waals surface area contributed by atoms with E-state index in [1.807, 2.05) is 13.0 Å². The molecule has 7 heteroatoms. The minimum absolute atomic E-state index is 0.0911. The second-order valence-electron chi connectivity index (χ2n) is 8.46. The molecule has 1 amide bonds. The van der Waals surface area contributed by atoms with Crippen LogP contribution in [0.1, 0.15) is 51.6 Å². The molecule has 1 saturated heterocycles. The number of aryl methyl sites for hydroxylation is 1. The summed E-state index contributed by atoms with van der Waals surface area (Å²) in [5, 5.41) is 2.86. The van der Waals surface area contributed by atoms with Crippen molar-refractivity contribution in [2.24, 2.45) is 0 Å². The van der Waals surface area contributed by atoms with E-state index in [1.54, 1.807) is 24.3 Å². The molecule has 172 valence electrons. The highest BCUT2D eigenvalue weighted by molar-refractivity contribution is 5.95. The number of nitrogens with zero attached hydrogens (tertiary/aromatic N) is 2. The third kappa shape index (κ3) is 5.60. The van der Waals surface area contributed by atoms with Gasteiger partial charge in [0.1, 0.15) is 5.82 Å². The Morgan fingerprint density at radius 1 is 1.06 bits per heavy atom. The highest BCUT2D eigenvalue weighted by atomic mass is 19.2. The van der Waals surface area contributed by atoms with E-state index < -0.39 is 11.6 Å². The summed E-state index contributed by atoms with van der Waals surface area (Å²) in [6.07, 6.45) is 1.52. The molecule has 0 unspecified atom stereocenters. The molecule has 0 spiro atoms. The van der Waals surface area contributed by atoms with Crippen molar-refractivity contribution in [1.29, 1.82) is 0 Å². The number of carbonyl (C=O) groups excluding carboxylic acids is 1. The van der Waals surface area contributed by atoms with E-state index in [9.17, 15) is 18.0 Å². The Kier molecular flexibility index (Phi) is 7.08. The molecule has 1 aliphatic rings. The molecule has 0 aliphatic carbocycles. The molecule has 1 aliphatic heterocycles. The number of rotatable bonds is 6. The number of halogens is 3. The number of aromatic nitrogens is 1. The van der Waals surface area contributed by atoms with Crippen LogP contribution in [0.3, 0.4) is 0 Å². The standard InChI is InChI=1S/C26H26F3N3O/c1-17-8-9-22(26(33)30-15-18-4-2-6-21(27)14-18)25(31-17)19-10-12-32(13-11-19)16-20-5-3-7-23(28)24(20)29/h2-9,14,19H,10-13,15-16H2,1H3,(H,30,33). The van der Waals surface area contributed by atoms with Gasteiger partial charge in [-0.25, -0.2) is 13.2 Å². The first kappa shape index (κ1) is 23.0. The van der Waals surface area contributed by atoms with Gasteiger partial charge in [0.05, 0.1) is 11.3 Å². The maximum Gasteiger partial charge on any atom is 0.253 e. The van der Waals surface area contributed by atoms with Crippen molar-refractivity contribution < 1.29 is 18.0 Å². The lowest BCUT2D eigenvalue weighted by Gasteiger charge is -2.32. The van der Waals surface area contributed by atoms with Crippen LogP contribution in [0.25, 0.3) is 0 Å². The number of amides is 1. The summed E-state index contributed by atoms with van der Waals surface area (Å²) < 4.78 is 40.9. The zero-order chi connectivity index (χ0) is 23.4. The van der Waals surface area contributed by atoms with Crippen LogP contribution in [0.2, 0.25) is 0 Å². The Labute approximate surface area is 191 Å². The van der Waals surface area contributed by atoms with Crippen LogP contribution in [0.5, 0.6) is 0 Å². The van der Waals surface area contributed by atoms with Gasteiger partial charge in [0.15, 0.2) is 11.6 Å². The van der Waals surface area contributed by atoms with Crippen molar-refractivity contribution in [3.63, 3.8) is 0 Å². The van der Waals surface area contributed by atoms with Crippen LogP contribution < -0.4 is 5.32 Å². The van der Waals surface area contributed by atoms with Gasteiger partial charge in [0, 0.05) is 30.3 Å². The molecule has 3 aromatic rings. The Hall–Kier alpha value is -3.19. The molecular weight excluding hydrogens is 427 g/mol. The lowest BCUT2D eigenvalue weighted by molar-refractivity contribution is 0.0947. The number of pyridine rings is 1. The maximum atomic E-state index is 14.0. The number of hydrogen-bond acceptors (Lipinski definition) is 3. The van der Waals surface area contributed by atoms with E-state index in [2.05, 4.69) is 15.2 Å². The first-order chi connectivity index (χ1) is 15.9. The Bertz CT molecular complexity index is 1140. The molecule has 2 aromatic carbocycles. The second kappa shape index (κ2) is 10.2. The normalized spacial score (nSPS) is 14.9. The van der Waals surface area contributed by atoms with E-state index in [1.165, 1.54) is 18.2 Å². The van der Waals surface area contributed by atoms with Crippen LogP contribution in [-0.4, -0.2) is 28.9 Å². The Balaban J connectivity index is 1.42. The monoisotopic (exact) mass is 453 g/mol. The molecule has 1 aromatic heterocycles. The van der Waals surface area contributed by atoms with Gasteiger partial charge < -0.3 is 5.32 Å². The third-order valence-electron chi connectivity index (χ3n) is 6.05. The van der Waals surface area contributed by atoms with E-state index in [4.69, 9.17) is 0 Å². The van der Waals surface area contributed by atoms with E-state index in [0.29, 0.717) is 36.3 Å². The lowest BCUT2D eigenvalue weighted by atomic mass is 9.89. The van der Waals surface area contributed by atoms with Crippen molar-refractivity contribution in [1.82, 2.24) is 15.2 Å².